The summed E-state index contributed by atoms with van der Waals surface area (Å²) >= 11 is 6.18. The molecule has 0 aliphatic heterocycles. The number of halogens is 1. The van der Waals surface area contributed by atoms with Gasteiger partial charge >= 0.3 is 0 Å². The van der Waals surface area contributed by atoms with Crippen LogP contribution in [0.1, 0.15) is 5.56 Å². The van der Waals surface area contributed by atoms with Gasteiger partial charge < -0.3 is 0 Å². The first-order valence-corrected chi connectivity index (χ1v) is 8.37. The number of benzene rings is 4. The lowest BCUT2D eigenvalue weighted by Crippen LogP contribution is -1.91. The Morgan fingerprint density at radius 3 is 2.00 bits per heavy atom. The van der Waals surface area contributed by atoms with Crippen LogP contribution in [0.4, 0.5) is 5.69 Å². The van der Waals surface area contributed by atoms with Crippen LogP contribution in [-0.2, 0) is 6.42 Å². The normalized spacial score (nSPS) is 11.5. The third-order valence-corrected chi connectivity index (χ3v) is 4.58. The summed E-state index contributed by atoms with van der Waals surface area (Å²) in [6.45, 7) is 0. The van der Waals surface area contributed by atoms with Crippen LogP contribution >= 0.6 is 11.6 Å². The number of hydrogen-bond acceptors (Lipinski definition) is 1. The van der Waals surface area contributed by atoms with E-state index in [1.54, 1.807) is 0 Å². The van der Waals surface area contributed by atoms with E-state index in [2.05, 4.69) is 59.6 Å². The zero-order valence-electron chi connectivity index (χ0n) is 13.1. The van der Waals surface area contributed by atoms with E-state index in [1.165, 1.54) is 27.1 Å². The number of fused-ring (bicyclic) bond motifs is 2. The van der Waals surface area contributed by atoms with E-state index in [4.69, 9.17) is 11.6 Å². The highest BCUT2D eigenvalue weighted by molar-refractivity contribution is 6.33. The Balaban J connectivity index is 1.81. The second kappa shape index (κ2) is 6.46. The Morgan fingerprint density at radius 2 is 1.33 bits per heavy atom. The van der Waals surface area contributed by atoms with Crippen LogP contribution in [-0.4, -0.2) is 6.21 Å². The molecule has 1 nitrogen and oxygen atoms in total. The molecule has 0 fully saturated rings. The van der Waals surface area contributed by atoms with Gasteiger partial charge in [-0.25, -0.2) is 0 Å². The summed E-state index contributed by atoms with van der Waals surface area (Å²) in [5, 5.41) is 5.76. The standard InChI is InChI=1S/C22H16ClN/c23-21-11-5-6-12-22(21)24-14-13-20-18-9-3-1-7-16(18)15-17-8-2-4-10-19(17)20/h1-12,14-15H,13H2. The molecule has 0 unspecified atom stereocenters. The molecule has 0 spiro atoms. The van der Waals surface area contributed by atoms with E-state index in [0.717, 1.165) is 12.1 Å². The first-order valence-electron chi connectivity index (χ1n) is 7.99. The van der Waals surface area contributed by atoms with Crippen molar-refractivity contribution in [2.24, 2.45) is 4.99 Å². The van der Waals surface area contributed by atoms with Crippen molar-refractivity contribution in [3.8, 4) is 0 Å². The molecule has 4 aromatic carbocycles. The van der Waals surface area contributed by atoms with Gasteiger partial charge in [0.05, 0.1) is 10.7 Å². The molecule has 0 saturated heterocycles. The van der Waals surface area contributed by atoms with Crippen molar-refractivity contribution in [1.29, 1.82) is 0 Å². The molecule has 116 valence electrons. The lowest BCUT2D eigenvalue weighted by atomic mass is 9.95. The van der Waals surface area contributed by atoms with Gasteiger partial charge in [0.15, 0.2) is 0 Å². The Kier molecular flexibility index (Phi) is 4.02. The summed E-state index contributed by atoms with van der Waals surface area (Å²) in [7, 11) is 0. The van der Waals surface area contributed by atoms with Gasteiger partial charge in [-0.2, -0.15) is 0 Å². The Labute approximate surface area is 146 Å². The summed E-state index contributed by atoms with van der Waals surface area (Å²) in [6, 6.07) is 26.9. The summed E-state index contributed by atoms with van der Waals surface area (Å²) < 4.78 is 0. The SMILES string of the molecule is Clc1ccccc1N=CCc1c2ccccc2cc2ccccc12. The van der Waals surface area contributed by atoms with Gasteiger partial charge in [0, 0.05) is 12.6 Å². The van der Waals surface area contributed by atoms with Crippen LogP contribution in [0.3, 0.4) is 0 Å². The minimum absolute atomic E-state index is 0.677. The molecule has 2 heteroatoms. The van der Waals surface area contributed by atoms with Crippen LogP contribution in [0.2, 0.25) is 5.02 Å². The summed E-state index contributed by atoms with van der Waals surface area (Å²) in [5.74, 6) is 0. The van der Waals surface area contributed by atoms with Crippen molar-refractivity contribution in [2.75, 3.05) is 0 Å². The fraction of sp³-hybridized carbons (Fsp3) is 0.0455. The monoisotopic (exact) mass is 329 g/mol. The van der Waals surface area contributed by atoms with Gasteiger partial charge in [0.25, 0.3) is 0 Å². The zero-order chi connectivity index (χ0) is 16.4. The fourth-order valence-electron chi connectivity index (χ4n) is 3.12. The molecule has 0 heterocycles. The molecule has 0 aromatic heterocycles. The van der Waals surface area contributed by atoms with Crippen molar-refractivity contribution in [3.63, 3.8) is 0 Å². The van der Waals surface area contributed by atoms with Crippen molar-refractivity contribution in [3.05, 3.63) is 89.4 Å². The highest BCUT2D eigenvalue weighted by Crippen LogP contribution is 2.29. The molecule has 0 saturated carbocycles. The highest BCUT2D eigenvalue weighted by atomic mass is 35.5. The molecule has 0 radical (unpaired) electrons. The lowest BCUT2D eigenvalue weighted by Gasteiger charge is -2.09. The largest absolute Gasteiger partial charge is 0.259 e. The Bertz CT molecular complexity index is 996. The van der Waals surface area contributed by atoms with Crippen LogP contribution in [0, 0.1) is 0 Å². The van der Waals surface area contributed by atoms with Gasteiger partial charge in [-0.05, 0) is 45.3 Å². The molecule has 0 aliphatic rings. The van der Waals surface area contributed by atoms with Crippen molar-refractivity contribution in [1.82, 2.24) is 0 Å². The number of para-hydroxylation sites is 1. The molecule has 0 N–H and O–H groups in total. The van der Waals surface area contributed by atoms with Gasteiger partial charge in [-0.3, -0.25) is 4.99 Å². The average molecular weight is 330 g/mol. The van der Waals surface area contributed by atoms with E-state index in [9.17, 15) is 0 Å². The molecule has 0 aliphatic carbocycles. The lowest BCUT2D eigenvalue weighted by molar-refractivity contribution is 1.40. The Morgan fingerprint density at radius 1 is 0.750 bits per heavy atom. The van der Waals surface area contributed by atoms with E-state index >= 15 is 0 Å². The van der Waals surface area contributed by atoms with Crippen LogP contribution in [0.25, 0.3) is 21.5 Å². The number of rotatable bonds is 3. The third kappa shape index (κ3) is 2.79. The predicted octanol–water partition coefficient (Wildman–Crippen LogP) is 6.59. The smallest absolute Gasteiger partial charge is 0.0812 e. The van der Waals surface area contributed by atoms with Crippen molar-refractivity contribution in [2.45, 2.75) is 6.42 Å². The topological polar surface area (TPSA) is 12.4 Å². The molecule has 0 amide bonds. The highest BCUT2D eigenvalue weighted by Gasteiger charge is 2.06. The van der Waals surface area contributed by atoms with E-state index in [0.29, 0.717) is 5.02 Å². The number of hydrogen-bond donors (Lipinski definition) is 0. The summed E-state index contributed by atoms with van der Waals surface area (Å²) in [5.41, 5.74) is 2.11. The van der Waals surface area contributed by atoms with Crippen molar-refractivity contribution >= 4 is 45.0 Å². The predicted molar refractivity (Wildman–Crippen MR) is 105 cm³/mol. The second-order valence-electron chi connectivity index (χ2n) is 5.76. The van der Waals surface area contributed by atoms with Crippen LogP contribution in [0.15, 0.2) is 83.9 Å². The summed E-state index contributed by atoms with van der Waals surface area (Å²) in [6.07, 6.45) is 2.72. The second-order valence-corrected chi connectivity index (χ2v) is 6.17. The quantitative estimate of drug-likeness (QED) is 0.297. The molecular weight excluding hydrogens is 314 g/mol. The van der Waals surface area contributed by atoms with E-state index in [1.807, 2.05) is 30.5 Å². The number of nitrogens with zero attached hydrogens (tertiary/aromatic N) is 1. The Hall–Kier alpha value is -2.64. The van der Waals surface area contributed by atoms with Gasteiger partial charge in [-0.1, -0.05) is 72.3 Å². The van der Waals surface area contributed by atoms with Gasteiger partial charge in [-0.15, -0.1) is 0 Å². The maximum Gasteiger partial charge on any atom is 0.0812 e. The fourth-order valence-corrected chi connectivity index (χ4v) is 3.30. The van der Waals surface area contributed by atoms with Gasteiger partial charge in [0.2, 0.25) is 0 Å². The maximum absolute atomic E-state index is 6.18. The van der Waals surface area contributed by atoms with Crippen LogP contribution < -0.4 is 0 Å². The molecule has 4 aromatic rings. The maximum atomic E-state index is 6.18. The minimum atomic E-state index is 0.677. The molecule has 0 atom stereocenters. The average Bonchev–Trinajstić information content (AvgIpc) is 2.62. The third-order valence-electron chi connectivity index (χ3n) is 4.26. The first kappa shape index (κ1) is 14.9. The molecule has 24 heavy (non-hydrogen) atoms. The summed E-state index contributed by atoms with van der Waals surface area (Å²) in [4.78, 5) is 4.56. The molecular formula is C22H16ClN. The molecule has 4 rings (SSSR count). The van der Waals surface area contributed by atoms with Gasteiger partial charge in [0.1, 0.15) is 0 Å². The zero-order valence-corrected chi connectivity index (χ0v) is 13.9. The van der Waals surface area contributed by atoms with E-state index < -0.39 is 0 Å². The van der Waals surface area contributed by atoms with Crippen molar-refractivity contribution < 1.29 is 0 Å². The first-order chi connectivity index (χ1) is 11.8. The number of aliphatic imine (C=N–C) groups is 1. The van der Waals surface area contributed by atoms with E-state index in [-0.39, 0.29) is 0 Å². The minimum Gasteiger partial charge on any atom is -0.259 e. The van der Waals surface area contributed by atoms with Crippen LogP contribution in [0.5, 0.6) is 0 Å². The molecule has 0 bridgehead atoms.